The second-order valence-corrected chi connectivity index (χ2v) is 4.23. The van der Waals surface area contributed by atoms with Crippen LogP contribution >= 0.6 is 0 Å². The topological polar surface area (TPSA) is 59.0 Å². The minimum Gasteiger partial charge on any atom is -0.375 e. The van der Waals surface area contributed by atoms with Crippen molar-refractivity contribution in [3.05, 3.63) is 0 Å². The second kappa shape index (κ2) is 4.08. The molecule has 1 fully saturated rings. The van der Waals surface area contributed by atoms with Crippen LogP contribution in [0.1, 0.15) is 39.5 Å². The van der Waals surface area contributed by atoms with E-state index in [1.807, 2.05) is 6.92 Å². The van der Waals surface area contributed by atoms with E-state index in [1.165, 1.54) is 6.42 Å². The van der Waals surface area contributed by atoms with Crippen LogP contribution in [0.25, 0.3) is 0 Å². The minimum atomic E-state index is -0.747. The van der Waals surface area contributed by atoms with Crippen molar-refractivity contribution >= 4 is 0 Å². The molecule has 1 aliphatic carbocycles. The maximum Gasteiger partial charge on any atom is 0.103 e. The van der Waals surface area contributed by atoms with Crippen molar-refractivity contribution in [1.82, 2.24) is 0 Å². The molecule has 1 saturated carbocycles. The van der Waals surface area contributed by atoms with Crippen molar-refractivity contribution in [3.8, 4) is 6.07 Å². The molecular weight excluding hydrogens is 164 g/mol. The van der Waals surface area contributed by atoms with E-state index in [4.69, 9.17) is 15.7 Å². The van der Waals surface area contributed by atoms with Crippen molar-refractivity contribution in [2.45, 2.75) is 57.3 Å². The normalized spacial score (nSPS) is 24.2. The SMILES string of the molecule is CC(CC(C)(N)C#N)OC1CCC1. The monoisotopic (exact) mass is 182 g/mol. The van der Waals surface area contributed by atoms with Crippen LogP contribution in [0.15, 0.2) is 0 Å². The lowest BCUT2D eigenvalue weighted by atomic mass is 9.94. The van der Waals surface area contributed by atoms with E-state index in [1.54, 1.807) is 6.92 Å². The Hall–Kier alpha value is -0.590. The molecule has 3 nitrogen and oxygen atoms in total. The zero-order chi connectivity index (χ0) is 9.90. The van der Waals surface area contributed by atoms with E-state index in [-0.39, 0.29) is 6.10 Å². The van der Waals surface area contributed by atoms with Gasteiger partial charge in [-0.25, -0.2) is 0 Å². The van der Waals surface area contributed by atoms with Crippen molar-refractivity contribution in [2.75, 3.05) is 0 Å². The van der Waals surface area contributed by atoms with Gasteiger partial charge >= 0.3 is 0 Å². The van der Waals surface area contributed by atoms with Gasteiger partial charge in [-0.05, 0) is 33.1 Å². The van der Waals surface area contributed by atoms with Gasteiger partial charge in [-0.15, -0.1) is 0 Å². The fourth-order valence-electron chi connectivity index (χ4n) is 1.53. The molecule has 2 atom stereocenters. The van der Waals surface area contributed by atoms with Crippen LogP contribution in [0.3, 0.4) is 0 Å². The summed E-state index contributed by atoms with van der Waals surface area (Å²) < 4.78 is 5.69. The predicted molar refractivity (Wildman–Crippen MR) is 51.0 cm³/mol. The third kappa shape index (κ3) is 3.33. The van der Waals surface area contributed by atoms with Gasteiger partial charge in [0.05, 0.1) is 18.3 Å². The predicted octanol–water partition coefficient (Wildman–Crippen LogP) is 1.58. The summed E-state index contributed by atoms with van der Waals surface area (Å²) in [7, 11) is 0. The molecule has 0 bridgehead atoms. The highest BCUT2D eigenvalue weighted by Gasteiger charge is 2.25. The maximum absolute atomic E-state index is 8.72. The number of nitriles is 1. The zero-order valence-corrected chi connectivity index (χ0v) is 8.42. The first-order chi connectivity index (χ1) is 6.03. The summed E-state index contributed by atoms with van der Waals surface area (Å²) >= 11 is 0. The molecule has 0 saturated heterocycles. The summed E-state index contributed by atoms with van der Waals surface area (Å²) in [6.45, 7) is 3.73. The molecule has 0 amide bonds. The fourth-order valence-corrected chi connectivity index (χ4v) is 1.53. The Morgan fingerprint density at radius 2 is 2.31 bits per heavy atom. The third-order valence-electron chi connectivity index (χ3n) is 2.44. The van der Waals surface area contributed by atoms with E-state index in [0.29, 0.717) is 12.5 Å². The molecule has 1 aliphatic rings. The molecular formula is C10H18N2O. The summed E-state index contributed by atoms with van der Waals surface area (Å²) in [6.07, 6.45) is 4.73. The van der Waals surface area contributed by atoms with Gasteiger partial charge in [-0.1, -0.05) is 0 Å². The smallest absolute Gasteiger partial charge is 0.103 e. The van der Waals surface area contributed by atoms with Gasteiger partial charge in [0.2, 0.25) is 0 Å². The Morgan fingerprint density at radius 1 is 1.69 bits per heavy atom. The molecule has 1 rings (SSSR count). The second-order valence-electron chi connectivity index (χ2n) is 4.23. The largest absolute Gasteiger partial charge is 0.375 e. The van der Waals surface area contributed by atoms with Gasteiger partial charge in [0.25, 0.3) is 0 Å². The summed E-state index contributed by atoms with van der Waals surface area (Å²) in [4.78, 5) is 0. The highest BCUT2D eigenvalue weighted by atomic mass is 16.5. The molecule has 74 valence electrons. The molecule has 0 aromatic rings. The van der Waals surface area contributed by atoms with Crippen molar-refractivity contribution < 1.29 is 4.74 Å². The Labute approximate surface area is 79.9 Å². The van der Waals surface area contributed by atoms with Crippen LogP contribution in [0.5, 0.6) is 0 Å². The van der Waals surface area contributed by atoms with E-state index in [2.05, 4.69) is 6.07 Å². The van der Waals surface area contributed by atoms with Crippen molar-refractivity contribution in [1.29, 1.82) is 5.26 Å². The Morgan fingerprint density at radius 3 is 2.69 bits per heavy atom. The number of rotatable bonds is 4. The maximum atomic E-state index is 8.72. The Kier molecular flexibility index (Phi) is 3.29. The fraction of sp³-hybridized carbons (Fsp3) is 0.900. The molecule has 0 aliphatic heterocycles. The Balaban J connectivity index is 2.24. The molecule has 0 aromatic heterocycles. The summed E-state index contributed by atoms with van der Waals surface area (Å²) in [5.41, 5.74) is 4.96. The number of ether oxygens (including phenoxy) is 1. The van der Waals surface area contributed by atoms with Gasteiger partial charge in [0.1, 0.15) is 5.54 Å². The third-order valence-corrected chi connectivity index (χ3v) is 2.44. The zero-order valence-electron chi connectivity index (χ0n) is 8.42. The van der Waals surface area contributed by atoms with Gasteiger partial charge in [0, 0.05) is 6.42 Å². The van der Waals surface area contributed by atoms with Crippen LogP contribution in [-0.4, -0.2) is 17.7 Å². The minimum absolute atomic E-state index is 0.0972. The van der Waals surface area contributed by atoms with Crippen molar-refractivity contribution in [2.24, 2.45) is 5.73 Å². The summed E-state index contributed by atoms with van der Waals surface area (Å²) in [5, 5.41) is 8.72. The Bertz CT molecular complexity index is 203. The van der Waals surface area contributed by atoms with E-state index < -0.39 is 5.54 Å². The number of hydrogen-bond donors (Lipinski definition) is 1. The molecule has 0 aromatic carbocycles. The van der Waals surface area contributed by atoms with Gasteiger partial charge in [0.15, 0.2) is 0 Å². The molecule has 0 heterocycles. The van der Waals surface area contributed by atoms with Crippen LogP contribution in [-0.2, 0) is 4.74 Å². The molecule has 0 radical (unpaired) electrons. The average molecular weight is 182 g/mol. The van der Waals surface area contributed by atoms with Gasteiger partial charge < -0.3 is 10.5 Å². The molecule has 2 N–H and O–H groups in total. The molecule has 3 heteroatoms. The van der Waals surface area contributed by atoms with Crippen LogP contribution in [0.2, 0.25) is 0 Å². The average Bonchev–Trinajstić information content (AvgIpc) is 1.96. The number of nitrogens with two attached hydrogens (primary N) is 1. The van der Waals surface area contributed by atoms with E-state index >= 15 is 0 Å². The lowest BCUT2D eigenvalue weighted by Gasteiger charge is -2.30. The molecule has 13 heavy (non-hydrogen) atoms. The number of hydrogen-bond acceptors (Lipinski definition) is 3. The summed E-state index contributed by atoms with van der Waals surface area (Å²) in [6, 6.07) is 2.08. The number of nitrogens with zero attached hydrogens (tertiary/aromatic N) is 1. The quantitative estimate of drug-likeness (QED) is 0.718. The van der Waals surface area contributed by atoms with Crippen molar-refractivity contribution in [3.63, 3.8) is 0 Å². The lowest BCUT2D eigenvalue weighted by molar-refractivity contribution is -0.0501. The van der Waals surface area contributed by atoms with Gasteiger partial charge in [-0.3, -0.25) is 0 Å². The lowest BCUT2D eigenvalue weighted by Crippen LogP contribution is -2.39. The molecule has 2 unspecified atom stereocenters. The summed E-state index contributed by atoms with van der Waals surface area (Å²) in [5.74, 6) is 0. The first kappa shape index (κ1) is 10.5. The molecule has 0 spiro atoms. The van der Waals surface area contributed by atoms with Crippen LogP contribution in [0.4, 0.5) is 0 Å². The first-order valence-electron chi connectivity index (χ1n) is 4.89. The highest BCUT2D eigenvalue weighted by molar-refractivity contribution is 5.01. The van der Waals surface area contributed by atoms with Crippen LogP contribution < -0.4 is 5.73 Å². The van der Waals surface area contributed by atoms with Crippen LogP contribution in [0, 0.1) is 11.3 Å². The van der Waals surface area contributed by atoms with E-state index in [0.717, 1.165) is 12.8 Å². The standard InChI is InChI=1S/C10H18N2O/c1-8(6-10(2,12)7-11)13-9-4-3-5-9/h8-9H,3-6,12H2,1-2H3. The van der Waals surface area contributed by atoms with E-state index in [9.17, 15) is 0 Å². The first-order valence-corrected chi connectivity index (χ1v) is 4.89. The highest BCUT2D eigenvalue weighted by Crippen LogP contribution is 2.25. The van der Waals surface area contributed by atoms with Gasteiger partial charge in [-0.2, -0.15) is 5.26 Å².